The van der Waals surface area contributed by atoms with Crippen molar-refractivity contribution in [3.8, 4) is 0 Å². The van der Waals surface area contributed by atoms with Crippen LogP contribution in [0.1, 0.15) is 63.0 Å². The van der Waals surface area contributed by atoms with Gasteiger partial charge in [-0.2, -0.15) is 0 Å². The van der Waals surface area contributed by atoms with Gasteiger partial charge in [0.2, 0.25) is 11.8 Å². The van der Waals surface area contributed by atoms with Gasteiger partial charge in [-0.25, -0.2) is 0 Å². The van der Waals surface area contributed by atoms with Gasteiger partial charge in [-0.1, -0.05) is 85.7 Å². The van der Waals surface area contributed by atoms with Crippen LogP contribution in [0, 0.1) is 11.8 Å². The van der Waals surface area contributed by atoms with E-state index in [1.807, 2.05) is 72.8 Å². The number of ether oxygens (including phenoxy) is 2. The largest absolute Gasteiger partial charge is 0.463 e. The van der Waals surface area contributed by atoms with E-state index in [4.69, 9.17) is 9.47 Å². The maximum absolute atomic E-state index is 15.0. The Labute approximate surface area is 305 Å². The summed E-state index contributed by atoms with van der Waals surface area (Å²) in [5.74, 6) is -2.97. The highest BCUT2D eigenvalue weighted by atomic mass is 16.5. The minimum atomic E-state index is -1.18. The number of rotatable bonds is 18. The zero-order valence-corrected chi connectivity index (χ0v) is 29.7. The van der Waals surface area contributed by atoms with E-state index in [-0.39, 0.29) is 43.9 Å². The fourth-order valence-electron chi connectivity index (χ4n) is 8.31. The molecule has 1 spiro atoms. The van der Waals surface area contributed by atoms with Gasteiger partial charge >= 0.3 is 5.97 Å². The maximum atomic E-state index is 15.0. The van der Waals surface area contributed by atoms with E-state index in [2.05, 4.69) is 18.5 Å². The van der Waals surface area contributed by atoms with Crippen LogP contribution in [-0.4, -0.2) is 77.7 Å². The Morgan fingerprint density at radius 2 is 1.75 bits per heavy atom. The summed E-state index contributed by atoms with van der Waals surface area (Å²) in [6.07, 6.45) is 7.33. The number of amides is 3. The molecule has 2 bridgehead atoms. The molecule has 3 aliphatic rings. The van der Waals surface area contributed by atoms with E-state index >= 15 is 0 Å². The number of benzene rings is 3. The number of allylic oxidation sites excluding steroid dienone is 1. The molecule has 10 heteroatoms. The third-order valence-electron chi connectivity index (χ3n) is 10.7. The van der Waals surface area contributed by atoms with E-state index < -0.39 is 41.6 Å². The number of carbonyl (C=O) groups is 4. The Balaban J connectivity index is 1.30. The number of hydrogen-bond donors (Lipinski definition) is 2. The molecule has 0 aliphatic carbocycles. The lowest BCUT2D eigenvalue weighted by molar-refractivity contribution is -0.146. The third kappa shape index (κ3) is 7.41. The second-order valence-corrected chi connectivity index (χ2v) is 14.0. The lowest BCUT2D eigenvalue weighted by Gasteiger charge is -2.37. The van der Waals surface area contributed by atoms with Crippen molar-refractivity contribution in [3.63, 3.8) is 0 Å². The quantitative estimate of drug-likeness (QED) is 0.0995. The van der Waals surface area contributed by atoms with Gasteiger partial charge in [0.05, 0.1) is 24.0 Å². The van der Waals surface area contributed by atoms with Gasteiger partial charge in [0, 0.05) is 31.8 Å². The van der Waals surface area contributed by atoms with E-state index in [0.717, 1.165) is 29.2 Å². The second kappa shape index (κ2) is 16.7. The molecule has 0 saturated carbocycles. The maximum Gasteiger partial charge on any atom is 0.306 e. The van der Waals surface area contributed by atoms with E-state index in [9.17, 15) is 24.3 Å². The molecular weight excluding hydrogens is 658 g/mol. The van der Waals surface area contributed by atoms with Crippen molar-refractivity contribution in [2.75, 3.05) is 31.2 Å². The van der Waals surface area contributed by atoms with Crippen LogP contribution in [0.3, 0.4) is 0 Å². The average Bonchev–Trinajstić information content (AvgIpc) is 3.81. The summed E-state index contributed by atoms with van der Waals surface area (Å²) in [6.45, 7) is 8.18. The normalized spacial score (nSPS) is 23.6. The Kier molecular flexibility index (Phi) is 11.9. The SMILES string of the molecule is C=CCCC(=O)OC[C@@H](NC(=O)[C@@H]1[C@H]2C(=O)N(CCCCCCO)[C@H](C(=O)N(CC=C)c3ccc4ccccc4c3)[C@]23CC[C@H]1O3)c1ccccc1. The number of fused-ring (bicyclic) bond motifs is 2. The van der Waals surface area contributed by atoms with Gasteiger partial charge < -0.3 is 29.7 Å². The summed E-state index contributed by atoms with van der Waals surface area (Å²) in [4.78, 5) is 59.7. The molecule has 6 rings (SSSR count). The first-order chi connectivity index (χ1) is 25.3. The Hall–Kier alpha value is -4.80. The van der Waals surface area contributed by atoms with Crippen LogP contribution >= 0.6 is 0 Å². The van der Waals surface area contributed by atoms with E-state index in [0.29, 0.717) is 44.3 Å². The van der Waals surface area contributed by atoms with Gasteiger partial charge in [-0.05, 0) is 60.6 Å². The van der Waals surface area contributed by atoms with Crippen LogP contribution in [0.25, 0.3) is 10.8 Å². The molecule has 3 aliphatic heterocycles. The number of aliphatic hydroxyl groups is 1. The number of hydrogen-bond acceptors (Lipinski definition) is 7. The first kappa shape index (κ1) is 37.0. The number of anilines is 1. The lowest BCUT2D eigenvalue weighted by atomic mass is 9.70. The molecular formula is C42H49N3O7. The molecule has 3 aromatic rings. The van der Waals surface area contributed by atoms with E-state index in [1.165, 1.54) is 0 Å². The molecule has 3 saturated heterocycles. The van der Waals surface area contributed by atoms with Crippen LogP contribution < -0.4 is 10.2 Å². The molecule has 2 N–H and O–H groups in total. The lowest BCUT2D eigenvalue weighted by Crippen LogP contribution is -2.56. The summed E-state index contributed by atoms with van der Waals surface area (Å²) >= 11 is 0. The summed E-state index contributed by atoms with van der Waals surface area (Å²) in [5, 5.41) is 14.4. The highest BCUT2D eigenvalue weighted by Crippen LogP contribution is 2.59. The number of carbonyl (C=O) groups excluding carboxylic acids is 4. The van der Waals surface area contributed by atoms with Crippen LogP contribution in [0.4, 0.5) is 5.69 Å². The Morgan fingerprint density at radius 1 is 1.00 bits per heavy atom. The number of likely N-dealkylation sites (tertiary alicyclic amines) is 1. The molecule has 3 aromatic carbocycles. The van der Waals surface area contributed by atoms with Gasteiger partial charge in [-0.3, -0.25) is 19.2 Å². The molecule has 52 heavy (non-hydrogen) atoms. The molecule has 0 aromatic heterocycles. The first-order valence-corrected chi connectivity index (χ1v) is 18.4. The van der Waals surface area contributed by atoms with Crippen molar-refractivity contribution in [1.29, 1.82) is 0 Å². The van der Waals surface area contributed by atoms with Crippen molar-refractivity contribution in [2.45, 2.75) is 75.2 Å². The number of nitrogens with one attached hydrogen (secondary N) is 1. The van der Waals surface area contributed by atoms with Gasteiger partial charge in [0.1, 0.15) is 18.2 Å². The fourth-order valence-corrected chi connectivity index (χ4v) is 8.31. The Bertz CT molecular complexity index is 1780. The summed E-state index contributed by atoms with van der Waals surface area (Å²) < 4.78 is 12.3. The molecule has 0 unspecified atom stereocenters. The highest BCUT2D eigenvalue weighted by Gasteiger charge is 2.74. The molecule has 6 atom stereocenters. The smallest absolute Gasteiger partial charge is 0.306 e. The van der Waals surface area contributed by atoms with E-state index in [1.54, 1.807) is 22.0 Å². The summed E-state index contributed by atoms with van der Waals surface area (Å²) in [6, 6.07) is 21.5. The summed E-state index contributed by atoms with van der Waals surface area (Å²) in [7, 11) is 0. The second-order valence-electron chi connectivity index (χ2n) is 14.0. The zero-order chi connectivity index (χ0) is 36.7. The number of esters is 1. The van der Waals surface area contributed by atoms with Crippen LogP contribution in [0.5, 0.6) is 0 Å². The topological polar surface area (TPSA) is 125 Å². The van der Waals surface area contributed by atoms with Crippen LogP contribution in [0.15, 0.2) is 98.1 Å². The fraction of sp³-hybridized carbons (Fsp3) is 0.429. The predicted molar refractivity (Wildman–Crippen MR) is 199 cm³/mol. The van der Waals surface area contributed by atoms with Gasteiger partial charge in [0.25, 0.3) is 5.91 Å². The average molecular weight is 708 g/mol. The number of nitrogens with zero attached hydrogens (tertiary/aromatic N) is 2. The minimum Gasteiger partial charge on any atom is -0.463 e. The molecule has 10 nitrogen and oxygen atoms in total. The van der Waals surface area contributed by atoms with Gasteiger partial charge in [-0.15, -0.1) is 13.2 Å². The van der Waals surface area contributed by atoms with Crippen molar-refractivity contribution in [1.82, 2.24) is 10.2 Å². The number of aliphatic hydroxyl groups excluding tert-OH is 1. The molecule has 3 amide bonds. The first-order valence-electron chi connectivity index (χ1n) is 18.4. The zero-order valence-electron chi connectivity index (χ0n) is 29.7. The van der Waals surface area contributed by atoms with Crippen molar-refractivity contribution in [2.24, 2.45) is 11.8 Å². The third-order valence-corrected chi connectivity index (χ3v) is 10.7. The predicted octanol–water partition coefficient (Wildman–Crippen LogP) is 5.65. The van der Waals surface area contributed by atoms with Crippen LogP contribution in [0.2, 0.25) is 0 Å². The monoisotopic (exact) mass is 707 g/mol. The van der Waals surface area contributed by atoms with Crippen molar-refractivity contribution in [3.05, 3.63) is 104 Å². The molecule has 274 valence electrons. The van der Waals surface area contributed by atoms with Gasteiger partial charge in [0.15, 0.2) is 0 Å². The van der Waals surface area contributed by atoms with Crippen molar-refractivity contribution < 1.29 is 33.8 Å². The highest BCUT2D eigenvalue weighted by molar-refractivity contribution is 6.05. The molecule has 3 heterocycles. The number of unbranched alkanes of at least 4 members (excludes halogenated alkanes) is 3. The molecule has 0 radical (unpaired) electrons. The van der Waals surface area contributed by atoms with Crippen molar-refractivity contribution >= 4 is 40.2 Å². The molecule has 3 fully saturated rings. The summed E-state index contributed by atoms with van der Waals surface area (Å²) in [5.41, 5.74) is 0.271. The standard InChI is InChI=1S/C42H49N3O7/c1-3-5-19-35(47)51-28-33(30-16-9-8-10-17-30)43-39(48)36-34-22-23-42(52-34)37(36)40(49)45(25-13-6-7-14-26-46)38(42)41(50)44(24-4-2)32-21-20-29-15-11-12-18-31(29)27-32/h3-4,8-12,15-18,20-21,27,33-34,36-38,46H,1-2,5-7,13-14,19,22-26,28H2,(H,43,48)/t33-,34-,36+,37+,38-,42+/m1/s1. The Morgan fingerprint density at radius 3 is 2.50 bits per heavy atom. The minimum absolute atomic E-state index is 0.0723. The van der Waals surface area contributed by atoms with Crippen LogP contribution in [-0.2, 0) is 28.7 Å².